The Bertz CT molecular complexity index is 187. The summed E-state index contributed by atoms with van der Waals surface area (Å²) in [6.07, 6.45) is -0.480. The SMILES string of the molecule is COC(C)(C)CNCC(O)COC(C)(C)C. The Balaban J connectivity index is 3.63. The summed E-state index contributed by atoms with van der Waals surface area (Å²) in [4.78, 5) is 0. The van der Waals surface area contributed by atoms with Crippen LogP contribution in [0.15, 0.2) is 0 Å². The van der Waals surface area contributed by atoms with Crippen LogP contribution in [0.3, 0.4) is 0 Å². The molecule has 0 rings (SSSR count). The first-order valence-corrected chi connectivity index (χ1v) is 5.74. The van der Waals surface area contributed by atoms with E-state index in [9.17, 15) is 5.11 Å². The highest BCUT2D eigenvalue weighted by atomic mass is 16.5. The van der Waals surface area contributed by atoms with Gasteiger partial charge in [-0.1, -0.05) is 0 Å². The Morgan fingerprint density at radius 3 is 2.19 bits per heavy atom. The zero-order valence-corrected chi connectivity index (χ0v) is 11.5. The van der Waals surface area contributed by atoms with Crippen molar-refractivity contribution in [3.8, 4) is 0 Å². The largest absolute Gasteiger partial charge is 0.389 e. The van der Waals surface area contributed by atoms with Gasteiger partial charge in [0.2, 0.25) is 0 Å². The van der Waals surface area contributed by atoms with Gasteiger partial charge in [0.25, 0.3) is 0 Å². The minimum atomic E-state index is -0.480. The Kier molecular flexibility index (Phi) is 6.48. The lowest BCUT2D eigenvalue weighted by atomic mass is 10.1. The van der Waals surface area contributed by atoms with Crippen LogP contribution < -0.4 is 5.32 Å². The number of aliphatic hydroxyl groups excluding tert-OH is 1. The Labute approximate surface area is 99.3 Å². The number of nitrogens with one attached hydrogen (secondary N) is 1. The van der Waals surface area contributed by atoms with Crippen LogP contribution >= 0.6 is 0 Å². The summed E-state index contributed by atoms with van der Waals surface area (Å²) in [5.41, 5.74) is -0.405. The minimum absolute atomic E-state index is 0.202. The molecule has 0 spiro atoms. The lowest BCUT2D eigenvalue weighted by Gasteiger charge is -2.25. The fourth-order valence-electron chi connectivity index (χ4n) is 1.02. The molecule has 0 aromatic rings. The maximum absolute atomic E-state index is 9.65. The molecule has 0 heterocycles. The van der Waals surface area contributed by atoms with Gasteiger partial charge in [-0.2, -0.15) is 0 Å². The maximum Gasteiger partial charge on any atom is 0.0897 e. The van der Waals surface area contributed by atoms with Crippen LogP contribution in [-0.4, -0.2) is 49.2 Å². The molecule has 0 aliphatic heterocycles. The van der Waals surface area contributed by atoms with Crippen LogP contribution in [-0.2, 0) is 9.47 Å². The van der Waals surface area contributed by atoms with E-state index in [4.69, 9.17) is 9.47 Å². The first kappa shape index (κ1) is 15.8. The quantitative estimate of drug-likeness (QED) is 0.693. The monoisotopic (exact) mass is 233 g/mol. The van der Waals surface area contributed by atoms with Crippen LogP contribution in [0, 0.1) is 0 Å². The average molecular weight is 233 g/mol. The van der Waals surface area contributed by atoms with E-state index in [1.54, 1.807) is 7.11 Å². The molecule has 98 valence electrons. The van der Waals surface area contributed by atoms with Crippen LogP contribution in [0.1, 0.15) is 34.6 Å². The van der Waals surface area contributed by atoms with Crippen molar-refractivity contribution in [2.75, 3.05) is 26.8 Å². The standard InChI is InChI=1S/C12H27NO3/c1-11(2,3)16-8-10(14)7-13-9-12(4,5)15-6/h10,13-14H,7-9H2,1-6H3. The summed E-state index contributed by atoms with van der Waals surface area (Å²) in [7, 11) is 1.68. The summed E-state index contributed by atoms with van der Waals surface area (Å²) in [5, 5.41) is 12.8. The fourth-order valence-corrected chi connectivity index (χ4v) is 1.02. The van der Waals surface area contributed by atoms with Crippen LogP contribution in [0.4, 0.5) is 0 Å². The summed E-state index contributed by atoms with van der Waals surface area (Å²) in [6, 6.07) is 0. The zero-order valence-electron chi connectivity index (χ0n) is 11.5. The van der Waals surface area contributed by atoms with E-state index < -0.39 is 6.10 Å². The van der Waals surface area contributed by atoms with Gasteiger partial charge in [0.1, 0.15) is 0 Å². The Morgan fingerprint density at radius 2 is 1.75 bits per heavy atom. The molecule has 4 heteroatoms. The van der Waals surface area contributed by atoms with E-state index in [1.807, 2.05) is 34.6 Å². The third-order valence-corrected chi connectivity index (χ3v) is 2.19. The van der Waals surface area contributed by atoms with Gasteiger partial charge in [-0.05, 0) is 34.6 Å². The Morgan fingerprint density at radius 1 is 1.19 bits per heavy atom. The van der Waals surface area contributed by atoms with Crippen molar-refractivity contribution < 1.29 is 14.6 Å². The molecule has 0 aromatic carbocycles. The van der Waals surface area contributed by atoms with Gasteiger partial charge in [0, 0.05) is 20.2 Å². The molecule has 4 nitrogen and oxygen atoms in total. The molecule has 2 N–H and O–H groups in total. The molecule has 16 heavy (non-hydrogen) atoms. The summed E-state index contributed by atoms with van der Waals surface area (Å²) in [5.74, 6) is 0. The number of aliphatic hydroxyl groups is 1. The molecule has 0 fully saturated rings. The molecular weight excluding hydrogens is 206 g/mol. The maximum atomic E-state index is 9.65. The van der Waals surface area contributed by atoms with E-state index in [1.165, 1.54) is 0 Å². The van der Waals surface area contributed by atoms with E-state index in [0.29, 0.717) is 19.7 Å². The van der Waals surface area contributed by atoms with Crippen LogP contribution in [0.5, 0.6) is 0 Å². The molecular formula is C12H27NO3. The zero-order chi connectivity index (χ0) is 12.8. The molecule has 0 bridgehead atoms. The molecule has 0 aliphatic rings. The number of hydrogen-bond donors (Lipinski definition) is 2. The van der Waals surface area contributed by atoms with E-state index in [2.05, 4.69) is 5.32 Å². The van der Waals surface area contributed by atoms with Gasteiger partial charge in [-0.3, -0.25) is 0 Å². The third-order valence-electron chi connectivity index (χ3n) is 2.19. The van der Waals surface area contributed by atoms with Crippen molar-refractivity contribution in [2.24, 2.45) is 0 Å². The predicted molar refractivity (Wildman–Crippen MR) is 65.7 cm³/mol. The fraction of sp³-hybridized carbons (Fsp3) is 1.00. The van der Waals surface area contributed by atoms with Gasteiger partial charge < -0.3 is 19.9 Å². The van der Waals surface area contributed by atoms with E-state index >= 15 is 0 Å². The molecule has 1 atom stereocenters. The van der Waals surface area contributed by atoms with Crippen molar-refractivity contribution >= 4 is 0 Å². The van der Waals surface area contributed by atoms with Crippen molar-refractivity contribution in [3.05, 3.63) is 0 Å². The van der Waals surface area contributed by atoms with Crippen molar-refractivity contribution in [1.82, 2.24) is 5.32 Å². The normalized spacial score (nSPS) is 15.2. The lowest BCUT2D eigenvalue weighted by molar-refractivity contribution is -0.0496. The average Bonchev–Trinajstić information content (AvgIpc) is 2.13. The van der Waals surface area contributed by atoms with E-state index in [0.717, 1.165) is 0 Å². The molecule has 1 unspecified atom stereocenters. The second-order valence-electron chi connectivity index (χ2n) is 5.67. The van der Waals surface area contributed by atoms with Gasteiger partial charge in [-0.15, -0.1) is 0 Å². The topological polar surface area (TPSA) is 50.7 Å². The second-order valence-corrected chi connectivity index (χ2v) is 5.67. The highest BCUT2D eigenvalue weighted by molar-refractivity contribution is 4.72. The number of rotatable bonds is 7. The van der Waals surface area contributed by atoms with Crippen LogP contribution in [0.2, 0.25) is 0 Å². The predicted octanol–water partition coefficient (Wildman–Crippen LogP) is 1.18. The molecule has 0 saturated carbocycles. The van der Waals surface area contributed by atoms with Crippen LogP contribution in [0.25, 0.3) is 0 Å². The van der Waals surface area contributed by atoms with Crippen molar-refractivity contribution in [1.29, 1.82) is 0 Å². The first-order chi connectivity index (χ1) is 7.16. The van der Waals surface area contributed by atoms with Gasteiger partial charge in [0.15, 0.2) is 0 Å². The lowest BCUT2D eigenvalue weighted by Crippen LogP contribution is -2.41. The molecule has 0 saturated heterocycles. The second kappa shape index (κ2) is 6.55. The summed E-state index contributed by atoms with van der Waals surface area (Å²) < 4.78 is 10.7. The summed E-state index contributed by atoms with van der Waals surface area (Å²) in [6.45, 7) is 11.5. The number of hydrogen-bond acceptors (Lipinski definition) is 4. The molecule has 0 radical (unpaired) electrons. The highest BCUT2D eigenvalue weighted by Gasteiger charge is 2.17. The minimum Gasteiger partial charge on any atom is -0.389 e. The molecule has 0 amide bonds. The number of methoxy groups -OCH3 is 1. The van der Waals surface area contributed by atoms with Gasteiger partial charge in [0.05, 0.1) is 23.9 Å². The van der Waals surface area contributed by atoms with Crippen molar-refractivity contribution in [3.63, 3.8) is 0 Å². The molecule has 0 aromatic heterocycles. The summed E-state index contributed by atoms with van der Waals surface area (Å²) >= 11 is 0. The van der Waals surface area contributed by atoms with Gasteiger partial charge >= 0.3 is 0 Å². The first-order valence-electron chi connectivity index (χ1n) is 5.74. The Hall–Kier alpha value is -0.160. The highest BCUT2D eigenvalue weighted by Crippen LogP contribution is 2.07. The van der Waals surface area contributed by atoms with Gasteiger partial charge in [-0.25, -0.2) is 0 Å². The smallest absolute Gasteiger partial charge is 0.0897 e. The van der Waals surface area contributed by atoms with E-state index in [-0.39, 0.29) is 11.2 Å². The van der Waals surface area contributed by atoms with Crippen molar-refractivity contribution in [2.45, 2.75) is 51.9 Å². The third kappa shape index (κ3) is 9.09. The number of ether oxygens (including phenoxy) is 2. The molecule has 0 aliphatic carbocycles.